The Morgan fingerprint density at radius 3 is 2.70 bits per heavy atom. The topological polar surface area (TPSA) is 61.6 Å². The summed E-state index contributed by atoms with van der Waals surface area (Å²) >= 11 is 0. The van der Waals surface area contributed by atoms with Crippen molar-refractivity contribution in [2.75, 3.05) is 52.0 Å². The number of nitrogens with two attached hydrogens (primary N) is 1. The van der Waals surface area contributed by atoms with Crippen LogP contribution >= 0.6 is 0 Å². The van der Waals surface area contributed by atoms with E-state index in [4.69, 9.17) is 5.73 Å². The van der Waals surface area contributed by atoms with Crippen molar-refractivity contribution in [3.8, 4) is 0 Å². The van der Waals surface area contributed by atoms with Gasteiger partial charge in [-0.05, 0) is 26.1 Å². The molecule has 0 atom stereocenters. The number of nitrogens with zero attached hydrogens (tertiary/aromatic N) is 2. The molecule has 1 aliphatic heterocycles. The highest BCUT2D eigenvalue weighted by Gasteiger charge is 2.14. The molecular weight excluding hydrogens is 252 g/mol. The Hall–Kier alpha value is -1.59. The minimum Gasteiger partial charge on any atom is -0.398 e. The summed E-state index contributed by atoms with van der Waals surface area (Å²) in [4.78, 5) is 16.8. The summed E-state index contributed by atoms with van der Waals surface area (Å²) in [7, 11) is 2.14. The van der Waals surface area contributed by atoms with Crippen molar-refractivity contribution in [2.45, 2.75) is 6.92 Å². The van der Waals surface area contributed by atoms with Gasteiger partial charge < -0.3 is 16.0 Å². The average molecular weight is 276 g/mol. The number of carbonyl (C=O) groups excluding carboxylic acids is 1. The molecular formula is C15H24N4O. The van der Waals surface area contributed by atoms with E-state index in [0.29, 0.717) is 17.8 Å². The third kappa shape index (κ3) is 3.95. The largest absolute Gasteiger partial charge is 0.398 e. The van der Waals surface area contributed by atoms with Crippen LogP contribution in [0.2, 0.25) is 0 Å². The van der Waals surface area contributed by atoms with Crippen LogP contribution in [0, 0.1) is 6.92 Å². The first-order chi connectivity index (χ1) is 9.56. The number of amides is 1. The maximum absolute atomic E-state index is 12.1. The predicted molar refractivity (Wildman–Crippen MR) is 81.9 cm³/mol. The Morgan fingerprint density at radius 1 is 1.30 bits per heavy atom. The zero-order chi connectivity index (χ0) is 14.5. The first kappa shape index (κ1) is 14.8. The van der Waals surface area contributed by atoms with Crippen molar-refractivity contribution < 1.29 is 4.79 Å². The Morgan fingerprint density at radius 2 is 2.00 bits per heavy atom. The number of hydrogen-bond donors (Lipinski definition) is 2. The lowest BCUT2D eigenvalue weighted by Gasteiger charge is -2.32. The second kappa shape index (κ2) is 6.72. The van der Waals surface area contributed by atoms with Crippen LogP contribution in [0.4, 0.5) is 5.69 Å². The maximum atomic E-state index is 12.1. The van der Waals surface area contributed by atoms with E-state index in [0.717, 1.165) is 38.3 Å². The summed E-state index contributed by atoms with van der Waals surface area (Å²) in [6, 6.07) is 5.53. The number of nitrogen functional groups attached to an aromatic ring is 1. The SMILES string of the molecule is Cc1ccc(N)c(C(=O)NCCN2CCN(C)CC2)c1. The summed E-state index contributed by atoms with van der Waals surface area (Å²) in [6.07, 6.45) is 0. The van der Waals surface area contributed by atoms with Gasteiger partial charge in [-0.3, -0.25) is 9.69 Å². The molecule has 0 aliphatic carbocycles. The maximum Gasteiger partial charge on any atom is 0.253 e. The molecule has 1 aliphatic rings. The second-order valence-electron chi connectivity index (χ2n) is 5.49. The Labute approximate surface area is 120 Å². The molecule has 20 heavy (non-hydrogen) atoms. The summed E-state index contributed by atoms with van der Waals surface area (Å²) < 4.78 is 0. The van der Waals surface area contributed by atoms with Crippen molar-refractivity contribution >= 4 is 11.6 Å². The molecule has 1 fully saturated rings. The van der Waals surface area contributed by atoms with Gasteiger partial charge in [0, 0.05) is 45.0 Å². The molecule has 1 heterocycles. The number of aryl methyl sites for hydroxylation is 1. The second-order valence-corrected chi connectivity index (χ2v) is 5.49. The van der Waals surface area contributed by atoms with Crippen molar-refractivity contribution in [1.29, 1.82) is 0 Å². The highest BCUT2D eigenvalue weighted by atomic mass is 16.1. The zero-order valence-corrected chi connectivity index (χ0v) is 12.4. The van der Waals surface area contributed by atoms with E-state index < -0.39 is 0 Å². The van der Waals surface area contributed by atoms with Gasteiger partial charge in [0.05, 0.1) is 5.56 Å². The van der Waals surface area contributed by atoms with E-state index in [1.54, 1.807) is 6.07 Å². The average Bonchev–Trinajstić information content (AvgIpc) is 2.43. The van der Waals surface area contributed by atoms with Crippen LogP contribution in [-0.2, 0) is 0 Å². The summed E-state index contributed by atoms with van der Waals surface area (Å²) in [6.45, 7) is 7.84. The standard InChI is InChI=1S/C15H24N4O/c1-12-3-4-14(16)13(11-12)15(20)17-5-6-19-9-7-18(2)8-10-19/h3-4,11H,5-10,16H2,1-2H3,(H,17,20). The van der Waals surface area contributed by atoms with E-state index in [1.165, 1.54) is 0 Å². The fourth-order valence-electron chi connectivity index (χ4n) is 2.36. The van der Waals surface area contributed by atoms with Gasteiger partial charge in [-0.15, -0.1) is 0 Å². The van der Waals surface area contributed by atoms with Gasteiger partial charge in [-0.25, -0.2) is 0 Å². The van der Waals surface area contributed by atoms with Crippen molar-refractivity contribution in [3.05, 3.63) is 29.3 Å². The fourth-order valence-corrected chi connectivity index (χ4v) is 2.36. The van der Waals surface area contributed by atoms with Gasteiger partial charge in [0.15, 0.2) is 0 Å². The number of anilines is 1. The molecule has 0 saturated carbocycles. The number of carbonyl (C=O) groups is 1. The molecule has 1 aromatic rings. The third-order valence-electron chi connectivity index (χ3n) is 3.76. The van der Waals surface area contributed by atoms with Gasteiger partial charge in [-0.1, -0.05) is 11.6 Å². The first-order valence-corrected chi connectivity index (χ1v) is 7.11. The number of nitrogens with one attached hydrogen (secondary N) is 1. The smallest absolute Gasteiger partial charge is 0.253 e. The van der Waals surface area contributed by atoms with Gasteiger partial charge in [0.1, 0.15) is 0 Å². The van der Waals surface area contributed by atoms with Crippen LogP contribution in [0.15, 0.2) is 18.2 Å². The van der Waals surface area contributed by atoms with Crippen molar-refractivity contribution in [2.24, 2.45) is 0 Å². The van der Waals surface area contributed by atoms with E-state index in [9.17, 15) is 4.79 Å². The van der Waals surface area contributed by atoms with Crippen LogP contribution in [-0.4, -0.2) is 62.0 Å². The molecule has 0 aromatic heterocycles. The van der Waals surface area contributed by atoms with Crippen LogP contribution in [0.25, 0.3) is 0 Å². The molecule has 0 radical (unpaired) electrons. The Kier molecular flexibility index (Phi) is 4.98. The van der Waals surface area contributed by atoms with Crippen LogP contribution in [0.5, 0.6) is 0 Å². The number of piperazine rings is 1. The monoisotopic (exact) mass is 276 g/mol. The lowest BCUT2D eigenvalue weighted by Crippen LogP contribution is -2.46. The zero-order valence-electron chi connectivity index (χ0n) is 12.4. The summed E-state index contributed by atoms with van der Waals surface area (Å²) in [5, 5.41) is 2.95. The normalized spacial score (nSPS) is 17.1. The number of likely N-dealkylation sites (N-methyl/N-ethyl adjacent to an activating group) is 1. The van der Waals surface area contributed by atoms with Crippen molar-refractivity contribution in [3.63, 3.8) is 0 Å². The van der Waals surface area contributed by atoms with E-state index in [1.807, 2.05) is 19.1 Å². The fraction of sp³-hybridized carbons (Fsp3) is 0.533. The van der Waals surface area contributed by atoms with E-state index >= 15 is 0 Å². The molecule has 0 spiro atoms. The van der Waals surface area contributed by atoms with Gasteiger partial charge in [0.25, 0.3) is 5.91 Å². The molecule has 110 valence electrons. The summed E-state index contributed by atoms with van der Waals surface area (Å²) in [5.74, 6) is -0.0830. The minimum absolute atomic E-state index is 0.0830. The third-order valence-corrected chi connectivity index (χ3v) is 3.76. The highest BCUT2D eigenvalue weighted by Crippen LogP contribution is 2.13. The first-order valence-electron chi connectivity index (χ1n) is 7.11. The minimum atomic E-state index is -0.0830. The van der Waals surface area contributed by atoms with Crippen LogP contribution < -0.4 is 11.1 Å². The summed E-state index contributed by atoms with van der Waals surface area (Å²) in [5.41, 5.74) is 8.00. The molecule has 1 amide bonds. The Balaban J connectivity index is 1.79. The van der Waals surface area contributed by atoms with E-state index in [-0.39, 0.29) is 5.91 Å². The Bertz CT molecular complexity index is 467. The van der Waals surface area contributed by atoms with Crippen molar-refractivity contribution in [1.82, 2.24) is 15.1 Å². The predicted octanol–water partition coefficient (Wildman–Crippen LogP) is 0.554. The molecule has 5 heteroatoms. The van der Waals surface area contributed by atoms with Crippen LogP contribution in [0.1, 0.15) is 15.9 Å². The van der Waals surface area contributed by atoms with Gasteiger partial charge in [-0.2, -0.15) is 0 Å². The molecule has 1 aromatic carbocycles. The highest BCUT2D eigenvalue weighted by molar-refractivity contribution is 5.99. The van der Waals surface area contributed by atoms with Gasteiger partial charge in [0.2, 0.25) is 0 Å². The molecule has 1 saturated heterocycles. The molecule has 3 N–H and O–H groups in total. The van der Waals surface area contributed by atoms with Gasteiger partial charge >= 0.3 is 0 Å². The number of rotatable bonds is 4. The molecule has 0 unspecified atom stereocenters. The van der Waals surface area contributed by atoms with E-state index in [2.05, 4.69) is 22.2 Å². The molecule has 2 rings (SSSR count). The number of benzene rings is 1. The molecule has 0 bridgehead atoms. The van der Waals surface area contributed by atoms with Crippen LogP contribution in [0.3, 0.4) is 0 Å². The molecule has 5 nitrogen and oxygen atoms in total. The number of hydrogen-bond acceptors (Lipinski definition) is 4. The lowest BCUT2D eigenvalue weighted by atomic mass is 10.1. The quantitative estimate of drug-likeness (QED) is 0.789. The lowest BCUT2D eigenvalue weighted by molar-refractivity contribution is 0.0942.